The quantitative estimate of drug-likeness (QED) is 0.146. The van der Waals surface area contributed by atoms with Gasteiger partial charge in [0, 0.05) is 24.2 Å². The lowest BCUT2D eigenvalue weighted by molar-refractivity contribution is 0.264. The van der Waals surface area contributed by atoms with Gasteiger partial charge in [-0.2, -0.15) is 4.98 Å². The third kappa shape index (κ3) is 8.66. The molecule has 1 aromatic carbocycles. The van der Waals surface area contributed by atoms with Gasteiger partial charge in [0.15, 0.2) is 11.6 Å². The Morgan fingerprint density at radius 2 is 1.80 bits per heavy atom. The van der Waals surface area contributed by atoms with Gasteiger partial charge in [-0.1, -0.05) is 57.0 Å². The number of hydrogen-bond acceptors (Lipinski definition) is 8. The second-order valence-corrected chi connectivity index (χ2v) is 12.1. The summed E-state index contributed by atoms with van der Waals surface area (Å²) < 4.78 is 31.5. The maximum absolute atomic E-state index is 14.4. The van der Waals surface area contributed by atoms with E-state index in [4.69, 9.17) is 25.8 Å². The summed E-state index contributed by atoms with van der Waals surface area (Å²) in [6.45, 7) is 13.4. The van der Waals surface area contributed by atoms with Gasteiger partial charge < -0.3 is 19.1 Å². The number of halogens is 2. The molecule has 3 aromatic rings. The maximum Gasteiger partial charge on any atom is 0.261 e. The second kappa shape index (κ2) is 15.6. The van der Waals surface area contributed by atoms with Gasteiger partial charge in [0.05, 0.1) is 26.1 Å². The molecule has 2 aromatic heterocycles. The Kier molecular flexibility index (Phi) is 12.5. The Bertz CT molecular complexity index is 1490. The fourth-order valence-corrected chi connectivity index (χ4v) is 4.85. The molecule has 0 saturated heterocycles. The summed E-state index contributed by atoms with van der Waals surface area (Å²) >= 11 is 6.49. The molecule has 8 nitrogen and oxygen atoms in total. The molecule has 0 bridgehead atoms. The molecule has 1 saturated carbocycles. The fraction of sp³-hybridized carbons (Fsp3) is 0.455. The van der Waals surface area contributed by atoms with Gasteiger partial charge in [-0.05, 0) is 56.1 Å². The van der Waals surface area contributed by atoms with E-state index in [9.17, 15) is 4.39 Å². The minimum atomic E-state index is -1.54. The predicted molar refractivity (Wildman–Crippen MR) is 179 cm³/mol. The van der Waals surface area contributed by atoms with Crippen molar-refractivity contribution >= 4 is 31.8 Å². The molecular weight excluding hydrogens is 600 g/mol. The van der Waals surface area contributed by atoms with E-state index in [0.717, 1.165) is 35.0 Å². The highest BCUT2D eigenvalue weighted by Crippen LogP contribution is 2.45. The molecular formula is C33H44ClFN5O3P. The van der Waals surface area contributed by atoms with Crippen LogP contribution < -0.4 is 19.5 Å². The highest BCUT2D eigenvalue weighted by Gasteiger charge is 2.32. The first-order valence-corrected chi connectivity index (χ1v) is 15.6. The average Bonchev–Trinajstić information content (AvgIpc) is 3.87. The van der Waals surface area contributed by atoms with Crippen molar-refractivity contribution in [1.29, 1.82) is 0 Å². The fourth-order valence-electron chi connectivity index (χ4n) is 4.04. The van der Waals surface area contributed by atoms with Gasteiger partial charge in [0.1, 0.15) is 29.3 Å². The number of ether oxygens (including phenoxy) is 3. The minimum absolute atomic E-state index is 0.227. The summed E-state index contributed by atoms with van der Waals surface area (Å²) in [7, 11) is 7.58. The van der Waals surface area contributed by atoms with Crippen LogP contribution in [0.1, 0.15) is 83.0 Å². The zero-order valence-electron chi connectivity index (χ0n) is 27.0. The summed E-state index contributed by atoms with van der Waals surface area (Å²) in [6, 6.07) is 5.83. The van der Waals surface area contributed by atoms with Crippen molar-refractivity contribution in [3.63, 3.8) is 0 Å². The van der Waals surface area contributed by atoms with E-state index in [2.05, 4.69) is 49.6 Å². The van der Waals surface area contributed by atoms with E-state index in [0.29, 0.717) is 51.2 Å². The van der Waals surface area contributed by atoms with Crippen molar-refractivity contribution in [2.45, 2.75) is 78.5 Å². The maximum atomic E-state index is 14.4. The molecule has 0 N–H and O–H groups in total. The molecule has 0 spiro atoms. The smallest absolute Gasteiger partial charge is 0.261 e. The number of aromatic nitrogens is 4. The van der Waals surface area contributed by atoms with Crippen LogP contribution in [0.4, 0.5) is 4.39 Å². The number of rotatable bonds is 12. The van der Waals surface area contributed by atoms with Crippen LogP contribution in [0.15, 0.2) is 48.0 Å². The van der Waals surface area contributed by atoms with Crippen LogP contribution in [0.2, 0.25) is 0 Å². The summed E-state index contributed by atoms with van der Waals surface area (Å²) in [6.07, 6.45) is 7.82. The third-order valence-electron chi connectivity index (χ3n) is 7.37. The molecule has 1 aliphatic carbocycles. The van der Waals surface area contributed by atoms with E-state index < -0.39 is 5.67 Å². The first-order chi connectivity index (χ1) is 20.9. The van der Waals surface area contributed by atoms with E-state index >= 15 is 0 Å². The van der Waals surface area contributed by atoms with Crippen molar-refractivity contribution in [3.05, 3.63) is 64.9 Å². The van der Waals surface area contributed by atoms with E-state index in [1.165, 1.54) is 40.1 Å². The molecule has 11 heteroatoms. The van der Waals surface area contributed by atoms with Gasteiger partial charge in [0.25, 0.3) is 5.88 Å². The van der Waals surface area contributed by atoms with E-state index in [1.54, 1.807) is 32.2 Å². The summed E-state index contributed by atoms with van der Waals surface area (Å²) in [4.78, 5) is 19.6. The predicted octanol–water partition coefficient (Wildman–Crippen LogP) is 7.83. The van der Waals surface area contributed by atoms with E-state index in [1.807, 2.05) is 18.2 Å². The number of hydrogen-bond donors (Lipinski definition) is 0. The normalized spacial score (nSPS) is 13.3. The van der Waals surface area contributed by atoms with Gasteiger partial charge in [-0.15, -0.1) is 9.24 Å². The number of allylic oxidation sites excluding steroid dienone is 1. The lowest BCUT2D eigenvalue weighted by atomic mass is 10.0. The Morgan fingerprint density at radius 1 is 1.11 bits per heavy atom. The molecule has 2 heterocycles. The molecule has 44 heavy (non-hydrogen) atoms. The standard InChI is InChI=1S/C29H34ClFN5O3P.C4H10/c1-16(29(3,4)31)25(30)36(5)17(2)20-11-8-18(12-22(20)40)14-39-27-21(37-6)13-32-26(35-27)23-24(19-9-10-19)33-15-34-28(23)38-7;1-3-4-2/h8,11-13,15,19H,2,9-10,14,40H2,1,3-7H3;3-4H2,1-2H3/b25-16+;. The zero-order valence-corrected chi connectivity index (χ0v) is 28.9. The molecule has 1 unspecified atom stereocenters. The van der Waals surface area contributed by atoms with Crippen molar-refractivity contribution < 1.29 is 18.6 Å². The van der Waals surface area contributed by atoms with Crippen LogP contribution in [-0.4, -0.2) is 51.8 Å². The molecule has 238 valence electrons. The van der Waals surface area contributed by atoms with Crippen molar-refractivity contribution in [1.82, 2.24) is 24.8 Å². The summed E-state index contributed by atoms with van der Waals surface area (Å²) in [5.74, 6) is 1.86. The number of alkyl halides is 1. The lowest BCUT2D eigenvalue weighted by Gasteiger charge is -2.27. The number of unbranched alkanes of at least 4 members (excludes halogenated alkanes) is 1. The highest BCUT2D eigenvalue weighted by atomic mass is 35.5. The van der Waals surface area contributed by atoms with Crippen LogP contribution in [0.3, 0.4) is 0 Å². The Hall–Kier alpha value is -3.29. The van der Waals surface area contributed by atoms with Gasteiger partial charge in [0.2, 0.25) is 5.88 Å². The molecule has 1 aliphatic rings. The number of nitrogens with zero attached hydrogens (tertiary/aromatic N) is 5. The topological polar surface area (TPSA) is 82.5 Å². The van der Waals surface area contributed by atoms with Gasteiger partial charge in [-0.3, -0.25) is 0 Å². The van der Waals surface area contributed by atoms with E-state index in [-0.39, 0.29) is 6.61 Å². The highest BCUT2D eigenvalue weighted by molar-refractivity contribution is 7.27. The van der Waals surface area contributed by atoms with Crippen molar-refractivity contribution in [2.24, 2.45) is 0 Å². The van der Waals surface area contributed by atoms with Crippen LogP contribution in [0.25, 0.3) is 17.1 Å². The minimum Gasteiger partial charge on any atom is -0.490 e. The monoisotopic (exact) mass is 643 g/mol. The number of methoxy groups -OCH3 is 2. The van der Waals surface area contributed by atoms with Crippen molar-refractivity contribution in [3.8, 4) is 28.9 Å². The first kappa shape index (κ1) is 35.2. The first-order valence-electron chi connectivity index (χ1n) is 14.7. The van der Waals surface area contributed by atoms with Crippen LogP contribution >= 0.6 is 20.8 Å². The van der Waals surface area contributed by atoms with Crippen molar-refractivity contribution in [2.75, 3.05) is 21.3 Å². The Morgan fingerprint density at radius 3 is 2.34 bits per heavy atom. The second-order valence-electron chi connectivity index (χ2n) is 11.1. The average molecular weight is 644 g/mol. The Balaban J connectivity index is 0.00000124. The molecule has 1 atom stereocenters. The van der Waals surface area contributed by atoms with Crippen LogP contribution in [0.5, 0.6) is 17.5 Å². The number of benzene rings is 1. The summed E-state index contributed by atoms with van der Waals surface area (Å²) in [5, 5.41) is 1.18. The molecule has 0 aliphatic heterocycles. The largest absolute Gasteiger partial charge is 0.490 e. The van der Waals surface area contributed by atoms with Gasteiger partial charge in [-0.25, -0.2) is 19.3 Å². The molecule has 4 rings (SSSR count). The van der Waals surface area contributed by atoms with Crippen LogP contribution in [-0.2, 0) is 6.61 Å². The molecule has 0 amide bonds. The SMILES string of the molecule is C=C(c1ccc(COc2nc(-c3c(OC)ncnc3C3CC3)ncc2OC)cc1P)N(C)/C(Cl)=C(\C)C(C)(C)F.CCCC. The molecule has 1 fully saturated rings. The third-order valence-corrected chi connectivity index (χ3v) is 8.38. The summed E-state index contributed by atoms with van der Waals surface area (Å²) in [5.41, 5.74) is 2.80. The lowest BCUT2D eigenvalue weighted by Crippen LogP contribution is -2.22. The Labute approximate surface area is 268 Å². The molecule has 0 radical (unpaired) electrons. The zero-order chi connectivity index (χ0) is 32.6. The van der Waals surface area contributed by atoms with Gasteiger partial charge >= 0.3 is 0 Å². The van der Waals surface area contributed by atoms with Crippen LogP contribution in [0, 0.1) is 0 Å².